The van der Waals surface area contributed by atoms with E-state index in [1.54, 1.807) is 6.07 Å². The molecule has 0 spiro atoms. The Morgan fingerprint density at radius 3 is 2.65 bits per heavy atom. The van der Waals surface area contributed by atoms with Crippen molar-refractivity contribution in [2.75, 3.05) is 24.3 Å². The summed E-state index contributed by atoms with van der Waals surface area (Å²) < 4.78 is 0. The third-order valence-electron chi connectivity index (χ3n) is 2.09. The third kappa shape index (κ3) is 3.05. The van der Waals surface area contributed by atoms with Gasteiger partial charge < -0.3 is 16.1 Å². The first-order valence-electron chi connectivity index (χ1n) is 4.78. The van der Waals surface area contributed by atoms with Gasteiger partial charge in [0.05, 0.1) is 11.5 Å². The van der Waals surface area contributed by atoms with Gasteiger partial charge in [0.1, 0.15) is 11.4 Å². The lowest BCUT2D eigenvalue weighted by atomic mass is 10.2. The van der Waals surface area contributed by atoms with Crippen molar-refractivity contribution in [1.82, 2.24) is 5.32 Å². The van der Waals surface area contributed by atoms with E-state index in [-0.39, 0.29) is 29.5 Å². The summed E-state index contributed by atoms with van der Waals surface area (Å²) in [5.41, 5.74) is 2.45. The van der Waals surface area contributed by atoms with Crippen molar-refractivity contribution in [2.45, 2.75) is 0 Å². The number of nitrogens with one attached hydrogen (secondary N) is 3. The van der Waals surface area contributed by atoms with Crippen LogP contribution in [0.25, 0.3) is 0 Å². The first-order valence-corrected chi connectivity index (χ1v) is 4.78. The summed E-state index contributed by atoms with van der Waals surface area (Å²) in [6.07, 6.45) is 0. The van der Waals surface area contributed by atoms with Crippen molar-refractivity contribution in [3.8, 4) is 0 Å². The Morgan fingerprint density at radius 1 is 1.47 bits per heavy atom. The Morgan fingerprint density at radius 2 is 2.12 bits per heavy atom. The fourth-order valence-corrected chi connectivity index (χ4v) is 1.26. The van der Waals surface area contributed by atoms with Gasteiger partial charge in [0.25, 0.3) is 0 Å². The van der Waals surface area contributed by atoms with E-state index in [4.69, 9.17) is 5.84 Å². The molecule has 0 aromatic heterocycles. The lowest BCUT2D eigenvalue weighted by molar-refractivity contribution is -0.383. The van der Waals surface area contributed by atoms with E-state index in [1.807, 2.05) is 0 Å². The lowest BCUT2D eigenvalue weighted by Crippen LogP contribution is -2.26. The van der Waals surface area contributed by atoms with Crippen molar-refractivity contribution >= 4 is 23.0 Å². The second-order valence-corrected chi connectivity index (χ2v) is 3.13. The molecule has 0 atom stereocenters. The number of hydrogen-bond donors (Lipinski definition) is 4. The Bertz CT molecular complexity index is 435. The molecule has 1 amide bonds. The zero-order chi connectivity index (χ0) is 12.8. The lowest BCUT2D eigenvalue weighted by Gasteiger charge is -2.08. The molecule has 0 aliphatic carbocycles. The molecule has 0 radical (unpaired) electrons. The predicted molar refractivity (Wildman–Crippen MR) is 63.5 cm³/mol. The number of hydrazine groups is 1. The maximum Gasteiger partial charge on any atom is 0.316 e. The summed E-state index contributed by atoms with van der Waals surface area (Å²) in [6, 6.07) is 4.57. The highest BCUT2D eigenvalue weighted by molar-refractivity contribution is 5.83. The van der Waals surface area contributed by atoms with Gasteiger partial charge in [0.15, 0.2) is 0 Å². The van der Waals surface area contributed by atoms with E-state index in [0.717, 1.165) is 0 Å². The van der Waals surface area contributed by atoms with Crippen LogP contribution in [0.2, 0.25) is 0 Å². The zero-order valence-corrected chi connectivity index (χ0v) is 9.19. The molecule has 1 aromatic rings. The molecule has 0 saturated carbocycles. The molecule has 17 heavy (non-hydrogen) atoms. The highest BCUT2D eigenvalue weighted by Gasteiger charge is 2.19. The number of amides is 1. The van der Waals surface area contributed by atoms with E-state index >= 15 is 0 Å². The molecular weight excluding hydrogens is 226 g/mol. The highest BCUT2D eigenvalue weighted by atomic mass is 16.6. The largest absolute Gasteiger partial charge is 0.370 e. The fraction of sp³-hybridized carbons (Fsp3) is 0.222. The maximum absolute atomic E-state index is 11.0. The standard InChI is InChI=1S/C9H13N5O3/c1-11-8(15)5-12-6-3-2-4-7(13-10)9(6)14(16)17/h2-4,12-13H,5,10H2,1H3,(H,11,15). The summed E-state index contributed by atoms with van der Waals surface area (Å²) in [5.74, 6) is 4.91. The molecule has 0 unspecified atom stereocenters. The average molecular weight is 239 g/mol. The van der Waals surface area contributed by atoms with Crippen LogP contribution >= 0.6 is 0 Å². The van der Waals surface area contributed by atoms with Crippen LogP contribution in [0, 0.1) is 10.1 Å². The average Bonchev–Trinajstić information content (AvgIpc) is 2.34. The molecule has 0 aliphatic rings. The number of nitro groups is 1. The SMILES string of the molecule is CNC(=O)CNc1cccc(NN)c1[N+](=O)[O-]. The number of anilines is 2. The van der Waals surface area contributed by atoms with Crippen LogP contribution in [0.3, 0.4) is 0 Å². The number of rotatable bonds is 5. The smallest absolute Gasteiger partial charge is 0.316 e. The van der Waals surface area contributed by atoms with Crippen LogP contribution in [0.5, 0.6) is 0 Å². The minimum Gasteiger partial charge on any atom is -0.370 e. The van der Waals surface area contributed by atoms with Crippen molar-refractivity contribution in [2.24, 2.45) is 5.84 Å². The molecule has 0 heterocycles. The van der Waals surface area contributed by atoms with Crippen LogP contribution in [0.1, 0.15) is 0 Å². The molecular formula is C9H13N5O3. The highest BCUT2D eigenvalue weighted by Crippen LogP contribution is 2.31. The molecule has 0 aliphatic heterocycles. The molecule has 1 aromatic carbocycles. The van der Waals surface area contributed by atoms with Crippen LogP contribution in [0.4, 0.5) is 17.1 Å². The normalized spacial score (nSPS) is 9.53. The summed E-state index contributed by atoms with van der Waals surface area (Å²) in [7, 11) is 1.48. The van der Waals surface area contributed by atoms with Gasteiger partial charge in [-0.3, -0.25) is 20.8 Å². The number of nitrogens with two attached hydrogens (primary N) is 1. The van der Waals surface area contributed by atoms with Crippen molar-refractivity contribution in [3.63, 3.8) is 0 Å². The van der Waals surface area contributed by atoms with Gasteiger partial charge in [0.2, 0.25) is 5.91 Å². The number of nitrogen functional groups attached to an aromatic ring is 1. The third-order valence-corrected chi connectivity index (χ3v) is 2.09. The van der Waals surface area contributed by atoms with Crippen molar-refractivity contribution < 1.29 is 9.72 Å². The monoisotopic (exact) mass is 239 g/mol. The first-order chi connectivity index (χ1) is 8.10. The van der Waals surface area contributed by atoms with Crippen LogP contribution in [-0.4, -0.2) is 24.4 Å². The summed E-state index contributed by atoms with van der Waals surface area (Å²) in [6.45, 7) is -0.0502. The molecule has 5 N–H and O–H groups in total. The number of benzene rings is 1. The second kappa shape index (κ2) is 5.66. The molecule has 1 rings (SSSR count). The molecule has 92 valence electrons. The zero-order valence-electron chi connectivity index (χ0n) is 9.19. The van der Waals surface area contributed by atoms with E-state index in [1.165, 1.54) is 19.2 Å². The molecule has 8 heteroatoms. The number of para-hydroxylation sites is 1. The number of carbonyl (C=O) groups excluding carboxylic acids is 1. The molecule has 8 nitrogen and oxygen atoms in total. The van der Waals surface area contributed by atoms with Crippen molar-refractivity contribution in [3.05, 3.63) is 28.3 Å². The Balaban J connectivity index is 2.98. The van der Waals surface area contributed by atoms with Gasteiger partial charge in [-0.05, 0) is 12.1 Å². The van der Waals surface area contributed by atoms with E-state index in [0.29, 0.717) is 0 Å². The van der Waals surface area contributed by atoms with E-state index in [9.17, 15) is 14.9 Å². The number of nitro benzene ring substituents is 1. The first kappa shape index (κ1) is 12.7. The quantitative estimate of drug-likeness (QED) is 0.327. The van der Waals surface area contributed by atoms with E-state index in [2.05, 4.69) is 16.1 Å². The minimum absolute atomic E-state index is 0.0502. The number of carbonyl (C=O) groups is 1. The van der Waals surface area contributed by atoms with E-state index < -0.39 is 4.92 Å². The molecule has 0 saturated heterocycles. The van der Waals surface area contributed by atoms with Crippen molar-refractivity contribution in [1.29, 1.82) is 0 Å². The van der Waals surface area contributed by atoms with Gasteiger partial charge in [0, 0.05) is 7.05 Å². The van der Waals surface area contributed by atoms with Gasteiger partial charge >= 0.3 is 5.69 Å². The number of likely N-dealkylation sites (N-methyl/N-ethyl adjacent to an activating group) is 1. The second-order valence-electron chi connectivity index (χ2n) is 3.13. The van der Waals surface area contributed by atoms with Gasteiger partial charge in [-0.25, -0.2) is 0 Å². The minimum atomic E-state index is -0.568. The fourth-order valence-electron chi connectivity index (χ4n) is 1.26. The predicted octanol–water partition coefficient (Wildman–Crippen LogP) is 0.0383. The van der Waals surface area contributed by atoms with Gasteiger partial charge in [-0.1, -0.05) is 6.07 Å². The Hall–Kier alpha value is -2.35. The van der Waals surface area contributed by atoms with Crippen LogP contribution in [0.15, 0.2) is 18.2 Å². The summed E-state index contributed by atoms with van der Waals surface area (Å²) >= 11 is 0. The van der Waals surface area contributed by atoms with Crippen LogP contribution in [-0.2, 0) is 4.79 Å². The topological polar surface area (TPSA) is 122 Å². The van der Waals surface area contributed by atoms with Gasteiger partial charge in [-0.2, -0.15) is 0 Å². The maximum atomic E-state index is 11.0. The molecule has 0 bridgehead atoms. The molecule has 0 fully saturated rings. The Kier molecular flexibility index (Phi) is 4.23. The Labute approximate surface area is 97.3 Å². The summed E-state index contributed by atoms with van der Waals surface area (Å²) in [5, 5.41) is 16.0. The summed E-state index contributed by atoms with van der Waals surface area (Å²) in [4.78, 5) is 21.4. The van der Waals surface area contributed by atoms with Crippen LogP contribution < -0.4 is 21.9 Å². The number of nitrogens with zero attached hydrogens (tertiary/aromatic N) is 1. The number of hydrogen-bond acceptors (Lipinski definition) is 6. The van der Waals surface area contributed by atoms with Gasteiger partial charge in [-0.15, -0.1) is 0 Å².